The molecule has 0 saturated carbocycles. The van der Waals surface area contributed by atoms with Crippen molar-refractivity contribution in [3.63, 3.8) is 0 Å². The molecule has 0 aliphatic carbocycles. The summed E-state index contributed by atoms with van der Waals surface area (Å²) in [4.78, 5) is 16.7. The minimum atomic E-state index is -0.874. The van der Waals surface area contributed by atoms with Crippen LogP contribution in [0.5, 0.6) is 0 Å². The summed E-state index contributed by atoms with van der Waals surface area (Å²) in [6.45, 7) is 12.5. The van der Waals surface area contributed by atoms with E-state index in [0.717, 1.165) is 49.1 Å². The van der Waals surface area contributed by atoms with Crippen LogP contribution in [-0.2, 0) is 12.8 Å². The number of hydrogen-bond donors (Lipinski definition) is 1. The molecule has 3 aromatic rings. The topological polar surface area (TPSA) is 49.7 Å². The van der Waals surface area contributed by atoms with Gasteiger partial charge in [-0.1, -0.05) is 90.1 Å². The van der Waals surface area contributed by atoms with E-state index in [1.165, 1.54) is 20.3 Å². The average molecular weight is 638 g/mol. The van der Waals surface area contributed by atoms with Crippen molar-refractivity contribution in [3.05, 3.63) is 110 Å². The molecule has 1 aliphatic heterocycles. The third-order valence-electron chi connectivity index (χ3n) is 6.91. The number of halogens is 1. The standard InChI is InChI=1S/C31H32INO2.2C2H6/c1-21-8-7-10-26(33-30-13-6-4-11-27(21)30)19-18-23-16-17-25(31(34)35)20-28(23)22(2)14-15-24-9-3-5-12-29(24)32;2*1-2/h3-7,9-13,16-17,20-22H,8,14-15,18-19H2,1-2H3,(H,34,35);2*1-2H3. The number of benzene rings is 3. The SMILES string of the molecule is CC.CC.CC(CCc1ccccc1I)c1cc(C(=O)O)ccc1CCC1=Nc2ccccc2C(C)CC=C1. The second kappa shape index (κ2) is 17.1. The highest BCUT2D eigenvalue weighted by molar-refractivity contribution is 14.1. The number of rotatable bonds is 8. The Morgan fingerprint density at radius 3 is 2.36 bits per heavy atom. The third kappa shape index (κ3) is 9.45. The summed E-state index contributed by atoms with van der Waals surface area (Å²) in [5.74, 6) is -0.159. The van der Waals surface area contributed by atoms with E-state index in [4.69, 9.17) is 4.99 Å². The lowest BCUT2D eigenvalue weighted by atomic mass is 9.87. The van der Waals surface area contributed by atoms with E-state index in [0.29, 0.717) is 11.5 Å². The lowest BCUT2D eigenvalue weighted by molar-refractivity contribution is 0.0696. The number of fused-ring (bicyclic) bond motifs is 1. The van der Waals surface area contributed by atoms with Crippen LogP contribution in [0.1, 0.15) is 105 Å². The quantitative estimate of drug-likeness (QED) is 0.250. The van der Waals surface area contributed by atoms with E-state index in [-0.39, 0.29) is 5.92 Å². The van der Waals surface area contributed by atoms with Crippen LogP contribution in [0.2, 0.25) is 0 Å². The first-order valence-electron chi connectivity index (χ1n) is 14.3. The molecule has 39 heavy (non-hydrogen) atoms. The van der Waals surface area contributed by atoms with E-state index in [1.807, 2.05) is 39.8 Å². The fraction of sp³-hybridized carbons (Fsp3) is 0.371. The van der Waals surface area contributed by atoms with Crippen LogP contribution < -0.4 is 0 Å². The van der Waals surface area contributed by atoms with Crippen molar-refractivity contribution in [3.8, 4) is 0 Å². The van der Waals surface area contributed by atoms with Gasteiger partial charge in [0.05, 0.1) is 11.3 Å². The maximum Gasteiger partial charge on any atom is 0.335 e. The fourth-order valence-corrected chi connectivity index (χ4v) is 5.44. The van der Waals surface area contributed by atoms with Gasteiger partial charge in [0.25, 0.3) is 0 Å². The number of carbonyl (C=O) groups is 1. The van der Waals surface area contributed by atoms with Gasteiger partial charge in [-0.3, -0.25) is 4.99 Å². The minimum Gasteiger partial charge on any atom is -0.478 e. The predicted molar refractivity (Wildman–Crippen MR) is 176 cm³/mol. The Hall–Kier alpha value is -2.73. The number of nitrogens with zero attached hydrogens (tertiary/aromatic N) is 1. The van der Waals surface area contributed by atoms with Crippen molar-refractivity contribution < 1.29 is 9.90 Å². The van der Waals surface area contributed by atoms with Gasteiger partial charge in [-0.2, -0.15) is 0 Å². The summed E-state index contributed by atoms with van der Waals surface area (Å²) in [6, 6.07) is 22.5. The molecule has 1 N–H and O–H groups in total. The molecule has 4 heteroatoms. The van der Waals surface area contributed by atoms with Crippen LogP contribution in [0.3, 0.4) is 0 Å². The second-order valence-corrected chi connectivity index (χ2v) is 10.6. The van der Waals surface area contributed by atoms with Gasteiger partial charge in [0.2, 0.25) is 0 Å². The van der Waals surface area contributed by atoms with Crippen LogP contribution >= 0.6 is 22.6 Å². The predicted octanol–water partition coefficient (Wildman–Crippen LogP) is 10.5. The Balaban J connectivity index is 0.00000127. The first-order chi connectivity index (χ1) is 18.9. The van der Waals surface area contributed by atoms with E-state index < -0.39 is 5.97 Å². The smallest absolute Gasteiger partial charge is 0.335 e. The molecule has 0 saturated heterocycles. The molecule has 3 aromatic carbocycles. The summed E-state index contributed by atoms with van der Waals surface area (Å²) in [5.41, 5.74) is 7.49. The monoisotopic (exact) mass is 637 g/mol. The molecule has 0 radical (unpaired) electrons. The first-order valence-corrected chi connectivity index (χ1v) is 15.4. The van der Waals surface area contributed by atoms with E-state index in [9.17, 15) is 9.90 Å². The highest BCUT2D eigenvalue weighted by Crippen LogP contribution is 2.32. The van der Waals surface area contributed by atoms with Crippen molar-refractivity contribution in [2.75, 3.05) is 0 Å². The maximum absolute atomic E-state index is 11.7. The van der Waals surface area contributed by atoms with E-state index in [1.54, 1.807) is 6.07 Å². The fourth-order valence-electron chi connectivity index (χ4n) is 4.78. The summed E-state index contributed by atoms with van der Waals surface area (Å²) >= 11 is 2.39. The molecule has 0 aromatic heterocycles. The zero-order chi connectivity index (χ0) is 28.8. The maximum atomic E-state index is 11.7. The molecule has 3 nitrogen and oxygen atoms in total. The van der Waals surface area contributed by atoms with Crippen molar-refractivity contribution in [2.24, 2.45) is 4.99 Å². The number of carboxylic acid groups (broad SMARTS) is 1. The number of aryl methyl sites for hydroxylation is 2. The number of allylic oxidation sites excluding steroid dienone is 2. The average Bonchev–Trinajstić information content (AvgIpc) is 2.96. The lowest BCUT2D eigenvalue weighted by Gasteiger charge is -2.19. The lowest BCUT2D eigenvalue weighted by Crippen LogP contribution is -2.08. The highest BCUT2D eigenvalue weighted by Gasteiger charge is 2.16. The van der Waals surface area contributed by atoms with Crippen molar-refractivity contribution in [1.82, 2.24) is 0 Å². The number of aliphatic imine (C=N–C) groups is 1. The molecule has 0 spiro atoms. The Bertz CT molecular complexity index is 1260. The van der Waals surface area contributed by atoms with Gasteiger partial charge in [-0.05, 0) is 119 Å². The first kappa shape index (κ1) is 32.5. The Kier molecular flexibility index (Phi) is 14.2. The molecule has 2 unspecified atom stereocenters. The molecular weight excluding hydrogens is 593 g/mol. The summed E-state index contributed by atoms with van der Waals surface area (Å²) in [7, 11) is 0. The molecule has 0 fully saturated rings. The molecule has 0 amide bonds. The highest BCUT2D eigenvalue weighted by atomic mass is 127. The summed E-state index contributed by atoms with van der Waals surface area (Å²) in [5, 5.41) is 9.60. The molecule has 1 heterocycles. The van der Waals surface area contributed by atoms with Crippen molar-refractivity contribution in [2.45, 2.75) is 85.5 Å². The van der Waals surface area contributed by atoms with E-state index in [2.05, 4.69) is 97.1 Å². The van der Waals surface area contributed by atoms with Gasteiger partial charge in [-0.15, -0.1) is 0 Å². The van der Waals surface area contributed by atoms with Crippen LogP contribution in [0.15, 0.2) is 83.9 Å². The summed E-state index contributed by atoms with van der Waals surface area (Å²) in [6.07, 6.45) is 9.01. The molecule has 0 bridgehead atoms. The van der Waals surface area contributed by atoms with Crippen LogP contribution in [-0.4, -0.2) is 16.8 Å². The molecule has 208 valence electrons. The number of aromatic carboxylic acids is 1. The number of hydrogen-bond acceptors (Lipinski definition) is 2. The van der Waals surface area contributed by atoms with Gasteiger partial charge in [0, 0.05) is 9.28 Å². The Morgan fingerprint density at radius 1 is 0.949 bits per heavy atom. The van der Waals surface area contributed by atoms with Crippen LogP contribution in [0, 0.1) is 3.57 Å². The van der Waals surface area contributed by atoms with Crippen LogP contribution in [0.25, 0.3) is 0 Å². The summed E-state index contributed by atoms with van der Waals surface area (Å²) < 4.78 is 1.28. The third-order valence-corrected chi connectivity index (χ3v) is 7.96. The minimum absolute atomic E-state index is 0.261. The molecule has 2 atom stereocenters. The zero-order valence-corrected chi connectivity index (χ0v) is 26.5. The molecule has 1 aliphatic rings. The van der Waals surface area contributed by atoms with E-state index >= 15 is 0 Å². The van der Waals surface area contributed by atoms with Crippen molar-refractivity contribution >= 4 is 40.0 Å². The van der Waals surface area contributed by atoms with Crippen molar-refractivity contribution in [1.29, 1.82) is 0 Å². The van der Waals surface area contributed by atoms with Gasteiger partial charge < -0.3 is 5.11 Å². The van der Waals surface area contributed by atoms with Gasteiger partial charge in [0.15, 0.2) is 0 Å². The van der Waals surface area contributed by atoms with Gasteiger partial charge in [0.1, 0.15) is 0 Å². The molecule has 4 rings (SSSR count). The Labute approximate surface area is 249 Å². The largest absolute Gasteiger partial charge is 0.478 e. The normalized spacial score (nSPS) is 14.7. The van der Waals surface area contributed by atoms with Crippen LogP contribution in [0.4, 0.5) is 5.69 Å². The zero-order valence-electron chi connectivity index (χ0n) is 24.4. The Morgan fingerprint density at radius 2 is 1.64 bits per heavy atom. The second-order valence-electron chi connectivity index (χ2n) is 9.45. The molecular formula is C35H44INO2. The van der Waals surface area contributed by atoms with Gasteiger partial charge in [-0.25, -0.2) is 4.79 Å². The van der Waals surface area contributed by atoms with Gasteiger partial charge >= 0.3 is 5.97 Å². The number of carboxylic acids is 1. The number of para-hydroxylation sites is 1.